The normalized spacial score (nSPS) is 18.0. The van der Waals surface area contributed by atoms with Crippen LogP contribution in [0, 0.1) is 0 Å². The van der Waals surface area contributed by atoms with E-state index in [0.29, 0.717) is 19.0 Å². The molecule has 0 radical (unpaired) electrons. The summed E-state index contributed by atoms with van der Waals surface area (Å²) in [4.78, 5) is 8.48. The molecule has 1 aliphatic rings. The highest BCUT2D eigenvalue weighted by Crippen LogP contribution is 2.12. The predicted molar refractivity (Wildman–Crippen MR) is 114 cm³/mol. The fourth-order valence-electron chi connectivity index (χ4n) is 2.82. The van der Waals surface area contributed by atoms with Crippen molar-refractivity contribution in [3.8, 4) is 0 Å². The number of aliphatic hydroxyl groups excluding tert-OH is 1. The molecule has 0 aromatic carbocycles. The Bertz CT molecular complexity index is 661. The van der Waals surface area contributed by atoms with E-state index in [2.05, 4.69) is 20.6 Å². The Kier molecular flexibility index (Phi) is 9.57. The molecule has 0 bridgehead atoms. The van der Waals surface area contributed by atoms with Crippen LogP contribution in [0.25, 0.3) is 0 Å². The number of guanidine groups is 1. The molecule has 7 nitrogen and oxygen atoms in total. The summed E-state index contributed by atoms with van der Waals surface area (Å²) in [5, 5.41) is 16.9. The van der Waals surface area contributed by atoms with Crippen LogP contribution in [0.5, 0.6) is 0 Å². The lowest BCUT2D eigenvalue weighted by Crippen LogP contribution is -2.42. The van der Waals surface area contributed by atoms with Crippen LogP contribution >= 0.6 is 24.0 Å². The van der Waals surface area contributed by atoms with Gasteiger partial charge in [-0.3, -0.25) is 9.98 Å². The zero-order valence-corrected chi connectivity index (χ0v) is 17.5. The molecule has 3 rings (SSSR count). The van der Waals surface area contributed by atoms with Crippen LogP contribution in [0.3, 0.4) is 0 Å². The van der Waals surface area contributed by atoms with Crippen molar-refractivity contribution in [2.24, 2.45) is 4.99 Å². The van der Waals surface area contributed by atoms with Gasteiger partial charge in [-0.25, -0.2) is 0 Å². The highest BCUT2D eigenvalue weighted by atomic mass is 127. The minimum Gasteiger partial charge on any atom is -0.469 e. The third-order valence-electron chi connectivity index (χ3n) is 4.28. The molecule has 2 aromatic heterocycles. The molecule has 0 saturated carbocycles. The van der Waals surface area contributed by atoms with Crippen LogP contribution in [-0.2, 0) is 11.2 Å². The number of ether oxygens (including phenoxy) is 1. The van der Waals surface area contributed by atoms with Crippen LogP contribution < -0.4 is 10.6 Å². The van der Waals surface area contributed by atoms with Crippen molar-refractivity contribution in [1.29, 1.82) is 0 Å². The third kappa shape index (κ3) is 7.47. The number of hydrogen-bond donors (Lipinski definition) is 3. The van der Waals surface area contributed by atoms with Crippen LogP contribution in [0.1, 0.15) is 30.3 Å². The van der Waals surface area contributed by atoms with Gasteiger partial charge in [-0.1, -0.05) is 0 Å². The van der Waals surface area contributed by atoms with Gasteiger partial charge < -0.3 is 24.9 Å². The number of pyridine rings is 1. The van der Waals surface area contributed by atoms with E-state index in [1.165, 1.54) is 0 Å². The lowest BCUT2D eigenvalue weighted by atomic mass is 10.1. The number of nitrogens with zero attached hydrogens (tertiary/aromatic N) is 2. The lowest BCUT2D eigenvalue weighted by molar-refractivity contribution is 0.113. The molecule has 0 aliphatic carbocycles. The van der Waals surface area contributed by atoms with Gasteiger partial charge in [-0.05, 0) is 42.7 Å². The van der Waals surface area contributed by atoms with Crippen LogP contribution in [0.4, 0.5) is 0 Å². The van der Waals surface area contributed by atoms with Gasteiger partial charge in [0.1, 0.15) is 5.76 Å². The van der Waals surface area contributed by atoms with E-state index in [1.54, 1.807) is 30.8 Å². The number of nitrogens with one attached hydrogen (secondary N) is 2. The number of furan rings is 1. The molecule has 0 amide bonds. The van der Waals surface area contributed by atoms with E-state index in [0.717, 1.165) is 37.2 Å². The largest absolute Gasteiger partial charge is 0.469 e. The summed E-state index contributed by atoms with van der Waals surface area (Å²) in [7, 11) is 0. The van der Waals surface area contributed by atoms with E-state index in [4.69, 9.17) is 9.15 Å². The molecule has 1 fully saturated rings. The fraction of sp³-hybridized carbons (Fsp3) is 0.474. The molecule has 2 unspecified atom stereocenters. The highest BCUT2D eigenvalue weighted by Gasteiger charge is 2.16. The number of rotatable bonds is 8. The molecule has 0 spiro atoms. The van der Waals surface area contributed by atoms with Crippen LogP contribution in [-0.4, -0.2) is 48.4 Å². The molecule has 2 atom stereocenters. The van der Waals surface area contributed by atoms with Crippen molar-refractivity contribution < 1.29 is 14.3 Å². The van der Waals surface area contributed by atoms with Gasteiger partial charge in [-0.15, -0.1) is 24.0 Å². The average Bonchev–Trinajstić information content (AvgIpc) is 3.38. The van der Waals surface area contributed by atoms with Crippen molar-refractivity contribution in [2.45, 2.75) is 31.5 Å². The molecule has 27 heavy (non-hydrogen) atoms. The van der Waals surface area contributed by atoms with E-state index in [-0.39, 0.29) is 36.6 Å². The number of aliphatic hydroxyl groups is 1. The van der Waals surface area contributed by atoms with Crippen LogP contribution in [0.2, 0.25) is 0 Å². The minimum atomic E-state index is -0.663. The smallest absolute Gasteiger partial charge is 0.191 e. The summed E-state index contributed by atoms with van der Waals surface area (Å²) in [6, 6.07) is 7.42. The summed E-state index contributed by atoms with van der Waals surface area (Å²) < 4.78 is 11.0. The average molecular weight is 486 g/mol. The maximum atomic E-state index is 10.3. The first-order valence-corrected chi connectivity index (χ1v) is 9.05. The Labute approximate surface area is 176 Å². The summed E-state index contributed by atoms with van der Waals surface area (Å²) in [6.45, 7) is 2.49. The van der Waals surface area contributed by atoms with Gasteiger partial charge in [0.05, 0.1) is 25.0 Å². The van der Waals surface area contributed by atoms with E-state index >= 15 is 0 Å². The molecular weight excluding hydrogens is 459 g/mol. The third-order valence-corrected chi connectivity index (χ3v) is 4.28. The molecule has 3 heterocycles. The minimum absolute atomic E-state index is 0. The number of halogens is 1. The topological polar surface area (TPSA) is 91.9 Å². The van der Waals surface area contributed by atoms with E-state index < -0.39 is 6.10 Å². The first-order valence-electron chi connectivity index (χ1n) is 9.05. The standard InChI is InChI=1S/C19H26N4O3.HI/c24-18(15-5-8-20-9-6-15)14-23-19(22-13-17-4-2-12-26-17)21-10-7-16-3-1-11-25-16;/h1,3,5-6,8-9,11,17-18,24H,2,4,7,10,12-14H2,(H2,21,22,23);1H. The summed E-state index contributed by atoms with van der Waals surface area (Å²) in [5.74, 6) is 1.59. The molecule has 8 heteroatoms. The first-order chi connectivity index (χ1) is 12.8. The van der Waals surface area contributed by atoms with Gasteiger partial charge in [0.2, 0.25) is 0 Å². The Balaban J connectivity index is 0.00000261. The first kappa shape index (κ1) is 21.6. The summed E-state index contributed by atoms with van der Waals surface area (Å²) in [6.07, 6.45) is 7.49. The Morgan fingerprint density at radius 2 is 2.15 bits per heavy atom. The second-order valence-electron chi connectivity index (χ2n) is 6.26. The van der Waals surface area contributed by atoms with E-state index in [1.807, 2.05) is 12.1 Å². The van der Waals surface area contributed by atoms with Gasteiger partial charge in [0.15, 0.2) is 5.96 Å². The molecule has 1 saturated heterocycles. The van der Waals surface area contributed by atoms with Crippen molar-refractivity contribution in [1.82, 2.24) is 15.6 Å². The van der Waals surface area contributed by atoms with Crippen LogP contribution in [0.15, 0.2) is 52.3 Å². The predicted octanol–water partition coefficient (Wildman–Crippen LogP) is 2.28. The Morgan fingerprint density at radius 1 is 1.30 bits per heavy atom. The Morgan fingerprint density at radius 3 is 2.85 bits per heavy atom. The molecule has 148 valence electrons. The van der Waals surface area contributed by atoms with Gasteiger partial charge in [0.25, 0.3) is 0 Å². The zero-order chi connectivity index (χ0) is 18.0. The fourth-order valence-corrected chi connectivity index (χ4v) is 2.82. The lowest BCUT2D eigenvalue weighted by Gasteiger charge is -2.16. The van der Waals surface area contributed by atoms with Gasteiger partial charge in [-0.2, -0.15) is 0 Å². The van der Waals surface area contributed by atoms with Crippen molar-refractivity contribution in [2.75, 3.05) is 26.2 Å². The van der Waals surface area contributed by atoms with Gasteiger partial charge >= 0.3 is 0 Å². The van der Waals surface area contributed by atoms with E-state index in [9.17, 15) is 5.11 Å². The molecule has 2 aromatic rings. The number of hydrogen-bond acceptors (Lipinski definition) is 5. The zero-order valence-electron chi connectivity index (χ0n) is 15.2. The SMILES string of the molecule is I.OC(CN=C(NCCc1ccco1)NCC1CCCO1)c1ccncc1. The maximum Gasteiger partial charge on any atom is 0.191 e. The number of aromatic nitrogens is 1. The summed E-state index contributed by atoms with van der Waals surface area (Å²) in [5.41, 5.74) is 0.804. The Hall–Kier alpha value is -1.65. The molecular formula is C19H27IN4O3. The highest BCUT2D eigenvalue weighted by molar-refractivity contribution is 14.0. The van der Waals surface area contributed by atoms with Crippen molar-refractivity contribution >= 4 is 29.9 Å². The quantitative estimate of drug-likeness (QED) is 0.301. The second kappa shape index (κ2) is 11.9. The molecule has 1 aliphatic heterocycles. The monoisotopic (exact) mass is 486 g/mol. The summed E-state index contributed by atoms with van der Waals surface area (Å²) >= 11 is 0. The van der Waals surface area contributed by atoms with Crippen molar-refractivity contribution in [3.05, 3.63) is 54.2 Å². The molecule has 3 N–H and O–H groups in total. The number of aliphatic imine (C=N–C) groups is 1. The van der Waals surface area contributed by atoms with Crippen molar-refractivity contribution in [3.63, 3.8) is 0 Å². The maximum absolute atomic E-state index is 10.3. The van der Waals surface area contributed by atoms with Gasteiger partial charge in [0, 0.05) is 38.5 Å². The second-order valence-corrected chi connectivity index (χ2v) is 6.26.